The van der Waals surface area contributed by atoms with Crippen LogP contribution in [0.3, 0.4) is 0 Å². The molecular weight excluding hydrogens is 317 g/mol. The topological polar surface area (TPSA) is 29.5 Å². The molecule has 0 fully saturated rings. The number of methoxy groups -OCH3 is 1. The van der Waals surface area contributed by atoms with Crippen molar-refractivity contribution in [2.45, 2.75) is 0 Å². The van der Waals surface area contributed by atoms with Gasteiger partial charge in [-0.25, -0.2) is 4.79 Å². The van der Waals surface area contributed by atoms with Crippen LogP contribution in [0, 0.1) is 3.57 Å². The van der Waals surface area contributed by atoms with Crippen LogP contribution in [-0.2, 0) is 9.53 Å². The number of esters is 1. The van der Waals surface area contributed by atoms with Gasteiger partial charge < -0.3 is 9.64 Å². The summed E-state index contributed by atoms with van der Waals surface area (Å²) >= 11 is 2.29. The van der Waals surface area contributed by atoms with Crippen molar-refractivity contribution in [1.82, 2.24) is 0 Å². The lowest BCUT2D eigenvalue weighted by Crippen LogP contribution is -2.18. The number of rotatable bonds is 4. The largest absolute Gasteiger partial charge is 0.466 e. The SMILES string of the molecule is COC(=O)/C=C/CN(C)c1ccccc1I. The second kappa shape index (κ2) is 6.52. The molecule has 16 heavy (non-hydrogen) atoms. The molecule has 0 saturated carbocycles. The third kappa shape index (κ3) is 3.84. The summed E-state index contributed by atoms with van der Waals surface area (Å²) in [6.45, 7) is 0.676. The summed E-state index contributed by atoms with van der Waals surface area (Å²) in [7, 11) is 3.36. The normalized spacial score (nSPS) is 10.4. The minimum Gasteiger partial charge on any atom is -0.466 e. The molecule has 3 nitrogen and oxygen atoms in total. The van der Waals surface area contributed by atoms with E-state index in [0.29, 0.717) is 6.54 Å². The van der Waals surface area contributed by atoms with E-state index in [0.717, 1.165) is 5.69 Å². The quantitative estimate of drug-likeness (QED) is 0.482. The average molecular weight is 331 g/mol. The molecule has 0 bridgehead atoms. The Labute approximate surface area is 109 Å². The van der Waals surface area contributed by atoms with E-state index in [1.165, 1.54) is 16.8 Å². The van der Waals surface area contributed by atoms with Crippen LogP contribution < -0.4 is 4.90 Å². The van der Waals surface area contributed by atoms with Gasteiger partial charge >= 0.3 is 5.97 Å². The molecule has 0 unspecified atom stereocenters. The van der Waals surface area contributed by atoms with Gasteiger partial charge in [0, 0.05) is 23.2 Å². The number of hydrogen-bond acceptors (Lipinski definition) is 3. The fourth-order valence-electron chi connectivity index (χ4n) is 1.23. The third-order valence-corrected chi connectivity index (χ3v) is 3.01. The number of nitrogens with zero attached hydrogens (tertiary/aromatic N) is 1. The van der Waals surface area contributed by atoms with Crippen LogP contribution in [0.5, 0.6) is 0 Å². The van der Waals surface area contributed by atoms with Crippen LogP contribution in [0.15, 0.2) is 36.4 Å². The lowest BCUT2D eigenvalue weighted by Gasteiger charge is -2.18. The van der Waals surface area contributed by atoms with Crippen molar-refractivity contribution in [3.63, 3.8) is 0 Å². The number of hydrogen-bond donors (Lipinski definition) is 0. The van der Waals surface area contributed by atoms with Crippen molar-refractivity contribution in [2.75, 3.05) is 25.6 Å². The van der Waals surface area contributed by atoms with Gasteiger partial charge in [-0.3, -0.25) is 0 Å². The third-order valence-electron chi connectivity index (χ3n) is 2.10. The first-order valence-corrected chi connectivity index (χ1v) is 5.93. The number of carbonyl (C=O) groups excluding carboxylic acids is 1. The Morgan fingerprint density at radius 1 is 1.50 bits per heavy atom. The zero-order valence-electron chi connectivity index (χ0n) is 9.31. The summed E-state index contributed by atoms with van der Waals surface area (Å²) in [5, 5.41) is 0. The summed E-state index contributed by atoms with van der Waals surface area (Å²) in [6.07, 6.45) is 3.22. The van der Waals surface area contributed by atoms with E-state index in [1.54, 1.807) is 6.08 Å². The summed E-state index contributed by atoms with van der Waals surface area (Å²) in [5.74, 6) is -0.323. The van der Waals surface area contributed by atoms with E-state index in [4.69, 9.17) is 0 Å². The molecule has 0 radical (unpaired) electrons. The van der Waals surface area contributed by atoms with E-state index >= 15 is 0 Å². The van der Waals surface area contributed by atoms with E-state index in [9.17, 15) is 4.79 Å². The average Bonchev–Trinajstić information content (AvgIpc) is 2.29. The molecule has 0 aliphatic rings. The van der Waals surface area contributed by atoms with Crippen molar-refractivity contribution in [1.29, 1.82) is 0 Å². The first kappa shape index (κ1) is 13.0. The van der Waals surface area contributed by atoms with Crippen LogP contribution >= 0.6 is 22.6 Å². The number of carbonyl (C=O) groups is 1. The van der Waals surface area contributed by atoms with Gasteiger partial charge in [0.2, 0.25) is 0 Å². The highest BCUT2D eigenvalue weighted by Gasteiger charge is 2.02. The number of para-hydroxylation sites is 1. The van der Waals surface area contributed by atoms with Crippen molar-refractivity contribution in [3.8, 4) is 0 Å². The van der Waals surface area contributed by atoms with E-state index in [2.05, 4.69) is 38.3 Å². The van der Waals surface area contributed by atoms with Gasteiger partial charge in [0.15, 0.2) is 0 Å². The van der Waals surface area contributed by atoms with Crippen LogP contribution in [0.2, 0.25) is 0 Å². The molecule has 1 aromatic rings. The number of benzene rings is 1. The Kier molecular flexibility index (Phi) is 5.31. The summed E-state index contributed by atoms with van der Waals surface area (Å²) in [5.41, 5.74) is 1.15. The van der Waals surface area contributed by atoms with Crippen LogP contribution in [-0.4, -0.2) is 26.7 Å². The molecule has 0 atom stereocenters. The number of likely N-dealkylation sites (N-methyl/N-ethyl adjacent to an activating group) is 1. The fraction of sp³-hybridized carbons (Fsp3) is 0.250. The first-order valence-electron chi connectivity index (χ1n) is 4.85. The minimum atomic E-state index is -0.323. The zero-order chi connectivity index (χ0) is 12.0. The molecule has 1 rings (SSSR count). The standard InChI is InChI=1S/C12H14INO2/c1-14(9-5-8-12(15)16-2)11-7-4-3-6-10(11)13/h3-8H,9H2,1-2H3/b8-5+. The van der Waals surface area contributed by atoms with Gasteiger partial charge in [0.25, 0.3) is 0 Å². The van der Waals surface area contributed by atoms with Gasteiger partial charge in [-0.15, -0.1) is 0 Å². The highest BCUT2D eigenvalue weighted by atomic mass is 127. The van der Waals surface area contributed by atoms with Gasteiger partial charge in [-0.05, 0) is 34.7 Å². The molecule has 0 saturated heterocycles. The Morgan fingerprint density at radius 2 is 2.19 bits per heavy atom. The summed E-state index contributed by atoms with van der Waals surface area (Å²) < 4.78 is 5.70. The molecule has 0 N–H and O–H groups in total. The Balaban J connectivity index is 2.60. The lowest BCUT2D eigenvalue weighted by molar-refractivity contribution is -0.134. The van der Waals surface area contributed by atoms with Gasteiger partial charge in [0.1, 0.15) is 0 Å². The Hall–Kier alpha value is -1.04. The minimum absolute atomic E-state index is 0.323. The van der Waals surface area contributed by atoms with Crippen LogP contribution in [0.4, 0.5) is 5.69 Å². The zero-order valence-corrected chi connectivity index (χ0v) is 11.5. The highest BCUT2D eigenvalue weighted by Crippen LogP contribution is 2.20. The predicted molar refractivity (Wildman–Crippen MR) is 73.6 cm³/mol. The molecule has 0 aliphatic carbocycles. The van der Waals surface area contributed by atoms with Crippen LogP contribution in [0.1, 0.15) is 0 Å². The maximum atomic E-state index is 10.9. The summed E-state index contributed by atoms with van der Waals surface area (Å²) in [6, 6.07) is 8.10. The van der Waals surface area contributed by atoms with E-state index < -0.39 is 0 Å². The Bertz CT molecular complexity index is 390. The number of halogens is 1. The van der Waals surface area contributed by atoms with E-state index in [1.807, 2.05) is 25.2 Å². The van der Waals surface area contributed by atoms with E-state index in [-0.39, 0.29) is 5.97 Å². The van der Waals surface area contributed by atoms with Crippen molar-refractivity contribution < 1.29 is 9.53 Å². The molecule has 1 aromatic carbocycles. The van der Waals surface area contributed by atoms with Crippen molar-refractivity contribution >= 4 is 34.2 Å². The number of anilines is 1. The molecule has 86 valence electrons. The summed E-state index contributed by atoms with van der Waals surface area (Å²) in [4.78, 5) is 12.9. The molecule has 0 aliphatic heterocycles. The molecule has 0 amide bonds. The van der Waals surface area contributed by atoms with Crippen molar-refractivity contribution in [3.05, 3.63) is 40.0 Å². The molecular formula is C12H14INO2. The highest BCUT2D eigenvalue weighted by molar-refractivity contribution is 14.1. The lowest BCUT2D eigenvalue weighted by atomic mass is 10.3. The van der Waals surface area contributed by atoms with Gasteiger partial charge in [-0.2, -0.15) is 0 Å². The van der Waals surface area contributed by atoms with Crippen LogP contribution in [0.25, 0.3) is 0 Å². The molecule has 0 aromatic heterocycles. The van der Waals surface area contributed by atoms with Crippen molar-refractivity contribution in [2.24, 2.45) is 0 Å². The second-order valence-corrected chi connectivity index (χ2v) is 4.42. The first-order chi connectivity index (χ1) is 7.65. The number of ether oxygens (including phenoxy) is 1. The second-order valence-electron chi connectivity index (χ2n) is 3.26. The monoisotopic (exact) mass is 331 g/mol. The predicted octanol–water partition coefficient (Wildman–Crippen LogP) is 2.46. The maximum Gasteiger partial charge on any atom is 0.330 e. The Morgan fingerprint density at radius 3 is 2.81 bits per heavy atom. The smallest absolute Gasteiger partial charge is 0.330 e. The van der Waals surface area contributed by atoms with Gasteiger partial charge in [-0.1, -0.05) is 18.2 Å². The van der Waals surface area contributed by atoms with Gasteiger partial charge in [0.05, 0.1) is 12.8 Å². The molecule has 0 spiro atoms. The maximum absolute atomic E-state index is 10.9. The molecule has 4 heteroatoms. The fourth-order valence-corrected chi connectivity index (χ4v) is 2.03. The molecule has 0 heterocycles.